The Labute approximate surface area is 99.7 Å². The molecule has 2 amide bonds. The summed E-state index contributed by atoms with van der Waals surface area (Å²) < 4.78 is 39.4. The molecule has 0 fully saturated rings. The molecule has 1 rings (SSSR count). The zero-order valence-corrected chi connectivity index (χ0v) is 8.95. The van der Waals surface area contributed by atoms with E-state index in [4.69, 9.17) is 5.73 Å². The quantitative estimate of drug-likeness (QED) is 0.816. The van der Waals surface area contributed by atoms with Crippen molar-refractivity contribution in [2.24, 2.45) is 5.73 Å². The van der Waals surface area contributed by atoms with Gasteiger partial charge in [-0.3, -0.25) is 0 Å². The molecule has 98 valence electrons. The van der Waals surface area contributed by atoms with E-state index in [0.717, 1.165) is 0 Å². The van der Waals surface area contributed by atoms with E-state index < -0.39 is 24.8 Å². The highest BCUT2D eigenvalue weighted by atomic mass is 19.4. The molecule has 0 bridgehead atoms. The van der Waals surface area contributed by atoms with E-state index in [9.17, 15) is 22.8 Å². The van der Waals surface area contributed by atoms with E-state index in [2.05, 4.69) is 10.1 Å². The number of nitrogens with two attached hydrogens (primary N) is 1. The Bertz CT molecular complexity index is 443. The fourth-order valence-electron chi connectivity index (χ4n) is 1.06. The van der Waals surface area contributed by atoms with Crippen molar-refractivity contribution in [3.8, 4) is 0 Å². The van der Waals surface area contributed by atoms with Gasteiger partial charge < -0.3 is 15.8 Å². The van der Waals surface area contributed by atoms with Gasteiger partial charge >= 0.3 is 18.2 Å². The number of hydrogen-bond acceptors (Lipinski definition) is 3. The lowest BCUT2D eigenvalue weighted by molar-refractivity contribution is -0.161. The molecule has 1 aromatic rings. The molecule has 0 aliphatic carbocycles. The Morgan fingerprint density at radius 2 is 1.78 bits per heavy atom. The summed E-state index contributed by atoms with van der Waals surface area (Å²) in [6.45, 7) is -1.65. The van der Waals surface area contributed by atoms with Crippen molar-refractivity contribution in [1.82, 2.24) is 0 Å². The van der Waals surface area contributed by atoms with Crippen molar-refractivity contribution >= 4 is 17.7 Å². The second-order valence-corrected chi connectivity index (χ2v) is 3.26. The molecular formula is C10H9F3N2O3. The highest BCUT2D eigenvalue weighted by molar-refractivity contribution is 5.91. The second-order valence-electron chi connectivity index (χ2n) is 3.26. The number of halogens is 3. The number of anilines is 1. The Hall–Kier alpha value is -2.25. The molecule has 18 heavy (non-hydrogen) atoms. The van der Waals surface area contributed by atoms with Crippen molar-refractivity contribution in [3.05, 3.63) is 29.8 Å². The topological polar surface area (TPSA) is 81.4 Å². The molecule has 0 aromatic heterocycles. The molecule has 3 N–H and O–H groups in total. The number of rotatable bonds is 3. The van der Waals surface area contributed by atoms with Gasteiger partial charge in [0, 0.05) is 5.69 Å². The monoisotopic (exact) mass is 262 g/mol. The number of hydrogen-bond donors (Lipinski definition) is 2. The average Bonchev–Trinajstić information content (AvgIpc) is 2.25. The third-order valence-corrected chi connectivity index (χ3v) is 1.76. The Morgan fingerprint density at radius 1 is 1.22 bits per heavy atom. The number of benzene rings is 1. The first-order valence-corrected chi connectivity index (χ1v) is 4.68. The van der Waals surface area contributed by atoms with Crippen molar-refractivity contribution in [2.45, 2.75) is 6.18 Å². The van der Waals surface area contributed by atoms with Gasteiger partial charge in [-0.1, -0.05) is 0 Å². The summed E-state index contributed by atoms with van der Waals surface area (Å²) in [7, 11) is 0. The van der Waals surface area contributed by atoms with Crippen LogP contribution in [0.3, 0.4) is 0 Å². The fourth-order valence-corrected chi connectivity index (χ4v) is 1.06. The molecule has 5 nitrogen and oxygen atoms in total. The number of alkyl halides is 3. The summed E-state index contributed by atoms with van der Waals surface area (Å²) in [6, 6.07) is 4.26. The molecule has 0 saturated heterocycles. The van der Waals surface area contributed by atoms with E-state index in [-0.39, 0.29) is 5.56 Å². The summed E-state index contributed by atoms with van der Waals surface area (Å²) in [6.07, 6.45) is -4.57. The van der Waals surface area contributed by atoms with Gasteiger partial charge in [-0.15, -0.1) is 0 Å². The van der Waals surface area contributed by atoms with Crippen LogP contribution >= 0.6 is 0 Å². The van der Waals surface area contributed by atoms with E-state index >= 15 is 0 Å². The highest BCUT2D eigenvalue weighted by Gasteiger charge is 2.29. The zero-order valence-electron chi connectivity index (χ0n) is 8.95. The van der Waals surface area contributed by atoms with E-state index in [1.54, 1.807) is 0 Å². The minimum atomic E-state index is -4.57. The molecule has 0 radical (unpaired) electrons. The maximum Gasteiger partial charge on any atom is 0.422 e. The Kier molecular flexibility index (Phi) is 4.13. The Balaban J connectivity index is 2.62. The molecule has 0 atom stereocenters. The van der Waals surface area contributed by atoms with Gasteiger partial charge in [-0.05, 0) is 24.3 Å². The maximum absolute atomic E-state index is 11.8. The molecule has 0 spiro atoms. The first-order valence-electron chi connectivity index (χ1n) is 4.68. The number of primary amides is 1. The SMILES string of the molecule is NC(=O)Nc1ccc(C(=O)OCC(F)(F)F)cc1. The third-order valence-electron chi connectivity index (χ3n) is 1.76. The predicted molar refractivity (Wildman–Crippen MR) is 56.0 cm³/mol. The van der Waals surface area contributed by atoms with Crippen LogP contribution in [-0.4, -0.2) is 24.8 Å². The number of nitrogens with one attached hydrogen (secondary N) is 1. The Morgan fingerprint density at radius 3 is 2.22 bits per heavy atom. The molecule has 0 heterocycles. The number of esters is 1. The van der Waals surface area contributed by atoms with Crippen LogP contribution in [-0.2, 0) is 4.74 Å². The largest absolute Gasteiger partial charge is 0.452 e. The van der Waals surface area contributed by atoms with Gasteiger partial charge in [0.05, 0.1) is 5.56 Å². The van der Waals surface area contributed by atoms with E-state index in [0.29, 0.717) is 5.69 Å². The van der Waals surface area contributed by atoms with Crippen LogP contribution in [0, 0.1) is 0 Å². The van der Waals surface area contributed by atoms with Crippen molar-refractivity contribution in [3.63, 3.8) is 0 Å². The summed E-state index contributed by atoms with van der Waals surface area (Å²) in [5, 5.41) is 2.23. The summed E-state index contributed by atoms with van der Waals surface area (Å²) in [4.78, 5) is 21.7. The average molecular weight is 262 g/mol. The van der Waals surface area contributed by atoms with Crippen LogP contribution in [0.25, 0.3) is 0 Å². The van der Waals surface area contributed by atoms with E-state index in [1.165, 1.54) is 24.3 Å². The smallest absolute Gasteiger partial charge is 0.422 e. The molecule has 0 unspecified atom stereocenters. The van der Waals surface area contributed by atoms with Gasteiger partial charge in [0.1, 0.15) is 0 Å². The summed E-state index contributed by atoms with van der Waals surface area (Å²) in [5.41, 5.74) is 5.11. The van der Waals surface area contributed by atoms with Crippen LogP contribution in [0.15, 0.2) is 24.3 Å². The van der Waals surface area contributed by atoms with Crippen molar-refractivity contribution in [2.75, 3.05) is 11.9 Å². The minimum absolute atomic E-state index is 0.0609. The molecule has 8 heteroatoms. The number of amides is 2. The lowest BCUT2D eigenvalue weighted by Gasteiger charge is -2.08. The van der Waals surface area contributed by atoms with Gasteiger partial charge in [-0.2, -0.15) is 13.2 Å². The number of carbonyl (C=O) groups excluding carboxylic acids is 2. The highest BCUT2D eigenvalue weighted by Crippen LogP contribution is 2.16. The molecule has 0 saturated carbocycles. The number of ether oxygens (including phenoxy) is 1. The van der Waals surface area contributed by atoms with E-state index in [1.807, 2.05) is 0 Å². The van der Waals surface area contributed by atoms with Crippen LogP contribution in [0.1, 0.15) is 10.4 Å². The van der Waals surface area contributed by atoms with Crippen molar-refractivity contribution < 1.29 is 27.5 Å². The second kappa shape index (κ2) is 5.39. The molecule has 1 aromatic carbocycles. The first kappa shape index (κ1) is 13.8. The predicted octanol–water partition coefficient (Wildman–Crippen LogP) is 1.90. The number of urea groups is 1. The lowest BCUT2D eigenvalue weighted by Crippen LogP contribution is -2.20. The normalized spacial score (nSPS) is 10.8. The van der Waals surface area contributed by atoms with Gasteiger partial charge in [0.25, 0.3) is 0 Å². The summed E-state index contributed by atoms with van der Waals surface area (Å²) >= 11 is 0. The zero-order chi connectivity index (χ0) is 13.8. The van der Waals surface area contributed by atoms with Gasteiger partial charge in [0.15, 0.2) is 6.61 Å². The lowest BCUT2D eigenvalue weighted by atomic mass is 10.2. The third kappa shape index (κ3) is 4.73. The minimum Gasteiger partial charge on any atom is -0.452 e. The molecule has 0 aliphatic heterocycles. The van der Waals surface area contributed by atoms with Gasteiger partial charge in [0.2, 0.25) is 0 Å². The van der Waals surface area contributed by atoms with Crippen LogP contribution in [0.5, 0.6) is 0 Å². The first-order chi connectivity index (χ1) is 8.28. The summed E-state index contributed by atoms with van der Waals surface area (Å²) in [5.74, 6) is -1.10. The van der Waals surface area contributed by atoms with Crippen LogP contribution in [0.4, 0.5) is 23.7 Å². The van der Waals surface area contributed by atoms with Crippen LogP contribution < -0.4 is 11.1 Å². The molecule has 0 aliphatic rings. The van der Waals surface area contributed by atoms with Gasteiger partial charge in [-0.25, -0.2) is 9.59 Å². The van der Waals surface area contributed by atoms with Crippen LogP contribution in [0.2, 0.25) is 0 Å². The van der Waals surface area contributed by atoms with Crippen molar-refractivity contribution in [1.29, 1.82) is 0 Å². The maximum atomic E-state index is 11.8. The fraction of sp³-hybridized carbons (Fsp3) is 0.200. The number of carbonyl (C=O) groups is 2. The molecular weight excluding hydrogens is 253 g/mol. The standard InChI is InChI=1S/C10H9F3N2O3/c11-10(12,13)5-18-8(16)6-1-3-7(4-2-6)15-9(14)17/h1-4H,5H2,(H3,14,15,17).